The summed E-state index contributed by atoms with van der Waals surface area (Å²) in [6, 6.07) is 7.45. The Labute approximate surface area is 132 Å². The maximum absolute atomic E-state index is 12.7. The number of amides is 1. The second-order valence-corrected chi connectivity index (χ2v) is 5.59. The third kappa shape index (κ3) is 3.34. The van der Waals surface area contributed by atoms with Gasteiger partial charge in [-0.25, -0.2) is 9.97 Å². The van der Waals surface area contributed by atoms with E-state index in [0.29, 0.717) is 23.6 Å². The number of fused-ring (bicyclic) bond motifs is 1. The zero-order valence-corrected chi connectivity index (χ0v) is 12.5. The number of thiazole rings is 1. The summed E-state index contributed by atoms with van der Waals surface area (Å²) < 4.78 is 38.1. The number of para-hydroxylation sites is 2. The zero-order chi connectivity index (χ0) is 16.4. The van der Waals surface area contributed by atoms with E-state index in [1.165, 1.54) is 0 Å². The summed E-state index contributed by atoms with van der Waals surface area (Å²) in [6.07, 6.45) is -4.24. The summed E-state index contributed by atoms with van der Waals surface area (Å²) in [6.45, 7) is 0.174. The number of alkyl halides is 3. The molecule has 2 N–H and O–H groups in total. The van der Waals surface area contributed by atoms with Crippen molar-refractivity contribution in [3.05, 3.63) is 46.2 Å². The van der Waals surface area contributed by atoms with E-state index >= 15 is 0 Å². The lowest BCUT2D eigenvalue weighted by atomic mass is 10.3. The number of nitrogens with zero attached hydrogens (tertiary/aromatic N) is 2. The highest BCUT2D eigenvalue weighted by Gasteiger charge is 2.38. The maximum Gasteiger partial charge on any atom is 0.434 e. The van der Waals surface area contributed by atoms with Gasteiger partial charge in [-0.2, -0.15) is 13.2 Å². The first-order valence-electron chi connectivity index (χ1n) is 6.67. The molecule has 9 heteroatoms. The van der Waals surface area contributed by atoms with Crippen LogP contribution >= 0.6 is 11.3 Å². The van der Waals surface area contributed by atoms with E-state index in [9.17, 15) is 18.0 Å². The Bertz CT molecular complexity index is 807. The Kier molecular flexibility index (Phi) is 4.03. The normalized spacial score (nSPS) is 11.8. The Morgan fingerprint density at radius 3 is 2.83 bits per heavy atom. The number of aromatic amines is 1. The smallest absolute Gasteiger partial charge is 0.351 e. The highest BCUT2D eigenvalue weighted by atomic mass is 32.1. The zero-order valence-electron chi connectivity index (χ0n) is 11.6. The number of halogens is 3. The number of hydrogen-bond acceptors (Lipinski definition) is 4. The lowest BCUT2D eigenvalue weighted by Crippen LogP contribution is -2.27. The van der Waals surface area contributed by atoms with Gasteiger partial charge in [-0.15, -0.1) is 11.3 Å². The van der Waals surface area contributed by atoms with Crippen molar-refractivity contribution >= 4 is 28.3 Å². The summed E-state index contributed by atoms with van der Waals surface area (Å²) in [5.41, 5.74) is 1.53. The van der Waals surface area contributed by atoms with E-state index in [4.69, 9.17) is 0 Å². The molecule has 3 aromatic rings. The summed E-state index contributed by atoms with van der Waals surface area (Å²) >= 11 is 0.668. The molecular formula is C14H11F3N4OS. The van der Waals surface area contributed by atoms with E-state index in [1.54, 1.807) is 0 Å². The van der Waals surface area contributed by atoms with Gasteiger partial charge in [0.15, 0.2) is 5.69 Å². The first-order valence-corrected chi connectivity index (χ1v) is 7.55. The lowest BCUT2D eigenvalue weighted by molar-refractivity contribution is -0.141. The molecular weight excluding hydrogens is 329 g/mol. The van der Waals surface area contributed by atoms with E-state index < -0.39 is 22.7 Å². The second kappa shape index (κ2) is 5.99. The van der Waals surface area contributed by atoms with E-state index in [1.807, 2.05) is 24.3 Å². The number of benzene rings is 1. The average molecular weight is 340 g/mol. The molecule has 0 saturated carbocycles. The Balaban J connectivity index is 1.62. The van der Waals surface area contributed by atoms with Crippen LogP contribution in [0.1, 0.15) is 21.2 Å². The molecule has 5 nitrogen and oxygen atoms in total. The molecule has 0 bridgehead atoms. The molecule has 0 aliphatic heterocycles. The van der Waals surface area contributed by atoms with Crippen LogP contribution in [0.15, 0.2) is 29.8 Å². The van der Waals surface area contributed by atoms with Crippen LogP contribution in [0.3, 0.4) is 0 Å². The van der Waals surface area contributed by atoms with Gasteiger partial charge in [0.25, 0.3) is 5.91 Å². The van der Waals surface area contributed by atoms with Gasteiger partial charge in [0.2, 0.25) is 0 Å². The number of imidazole rings is 1. The molecule has 0 unspecified atom stereocenters. The van der Waals surface area contributed by atoms with Crippen LogP contribution in [-0.2, 0) is 12.6 Å². The fourth-order valence-electron chi connectivity index (χ4n) is 2.11. The van der Waals surface area contributed by atoms with Gasteiger partial charge in [0, 0.05) is 13.0 Å². The van der Waals surface area contributed by atoms with Crippen LogP contribution in [0.2, 0.25) is 0 Å². The predicted molar refractivity (Wildman–Crippen MR) is 79.2 cm³/mol. The lowest BCUT2D eigenvalue weighted by Gasteiger charge is -2.06. The molecule has 0 aliphatic carbocycles. The van der Waals surface area contributed by atoms with Gasteiger partial charge in [-0.1, -0.05) is 12.1 Å². The molecule has 120 valence electrons. The van der Waals surface area contributed by atoms with E-state index in [-0.39, 0.29) is 6.54 Å². The predicted octanol–water partition coefficient (Wildman–Crippen LogP) is 3.01. The molecule has 3 rings (SSSR count). The number of H-pyrrole nitrogens is 1. The molecule has 1 aromatic carbocycles. The van der Waals surface area contributed by atoms with Crippen LogP contribution in [0, 0.1) is 0 Å². The fraction of sp³-hybridized carbons (Fsp3) is 0.214. The molecule has 23 heavy (non-hydrogen) atoms. The highest BCUT2D eigenvalue weighted by Crippen LogP contribution is 2.32. The summed E-state index contributed by atoms with van der Waals surface area (Å²) in [4.78, 5) is 22.1. The highest BCUT2D eigenvalue weighted by molar-refractivity contribution is 7.11. The van der Waals surface area contributed by atoms with Crippen molar-refractivity contribution in [3.63, 3.8) is 0 Å². The van der Waals surface area contributed by atoms with Crippen LogP contribution in [0.4, 0.5) is 13.2 Å². The molecule has 2 aromatic heterocycles. The summed E-state index contributed by atoms with van der Waals surface area (Å²) in [5.74, 6) is -0.122. The monoisotopic (exact) mass is 340 g/mol. The standard InChI is InChI=1S/C14H11F3N4OS/c15-14(16,17)12-11(23-7-19-12)13(22)18-6-5-10-20-8-3-1-2-4-9(8)21-10/h1-4,7H,5-6H2,(H,18,22)(H,20,21). The third-order valence-corrected chi connectivity index (χ3v) is 3.95. The van der Waals surface area contributed by atoms with Crippen molar-refractivity contribution in [1.82, 2.24) is 20.3 Å². The largest absolute Gasteiger partial charge is 0.434 e. The molecule has 0 radical (unpaired) electrons. The molecule has 0 aliphatic rings. The third-order valence-electron chi connectivity index (χ3n) is 3.13. The van der Waals surface area contributed by atoms with Gasteiger partial charge in [0.05, 0.1) is 16.5 Å². The quantitative estimate of drug-likeness (QED) is 0.767. The van der Waals surface area contributed by atoms with Crippen LogP contribution < -0.4 is 5.32 Å². The summed E-state index contributed by atoms with van der Waals surface area (Å²) in [7, 11) is 0. The van der Waals surface area contributed by atoms with Gasteiger partial charge in [0.1, 0.15) is 10.7 Å². The van der Waals surface area contributed by atoms with Gasteiger partial charge in [-0.3, -0.25) is 4.79 Å². The maximum atomic E-state index is 12.7. The first kappa shape index (κ1) is 15.5. The Hall–Kier alpha value is -2.42. The van der Waals surface area contributed by atoms with E-state index in [2.05, 4.69) is 20.3 Å². The minimum Gasteiger partial charge on any atom is -0.351 e. The van der Waals surface area contributed by atoms with Crippen molar-refractivity contribution in [2.75, 3.05) is 6.54 Å². The second-order valence-electron chi connectivity index (χ2n) is 4.73. The molecule has 0 saturated heterocycles. The van der Waals surface area contributed by atoms with E-state index in [0.717, 1.165) is 16.5 Å². The molecule has 0 fully saturated rings. The van der Waals surface area contributed by atoms with Crippen molar-refractivity contribution in [1.29, 1.82) is 0 Å². The molecule has 0 spiro atoms. The van der Waals surface area contributed by atoms with Crippen LogP contribution in [0.5, 0.6) is 0 Å². The van der Waals surface area contributed by atoms with Gasteiger partial charge >= 0.3 is 6.18 Å². The van der Waals surface area contributed by atoms with Crippen LogP contribution in [-0.4, -0.2) is 27.4 Å². The van der Waals surface area contributed by atoms with Gasteiger partial charge < -0.3 is 10.3 Å². The fourth-order valence-corrected chi connectivity index (χ4v) is 2.83. The number of aromatic nitrogens is 3. The topological polar surface area (TPSA) is 70.7 Å². The van der Waals surface area contributed by atoms with Crippen molar-refractivity contribution in [2.24, 2.45) is 0 Å². The Morgan fingerprint density at radius 2 is 2.09 bits per heavy atom. The van der Waals surface area contributed by atoms with Crippen molar-refractivity contribution in [3.8, 4) is 0 Å². The summed E-state index contributed by atoms with van der Waals surface area (Å²) in [5, 5.41) is 2.46. The Morgan fingerprint density at radius 1 is 1.30 bits per heavy atom. The number of hydrogen-bond donors (Lipinski definition) is 2. The van der Waals surface area contributed by atoms with Gasteiger partial charge in [-0.05, 0) is 12.1 Å². The van der Waals surface area contributed by atoms with Crippen LogP contribution in [0.25, 0.3) is 11.0 Å². The number of rotatable bonds is 4. The molecule has 2 heterocycles. The number of carbonyl (C=O) groups excluding carboxylic acids is 1. The van der Waals surface area contributed by atoms with Crippen molar-refractivity contribution in [2.45, 2.75) is 12.6 Å². The number of nitrogens with one attached hydrogen (secondary N) is 2. The minimum atomic E-state index is -4.63. The molecule has 0 atom stereocenters. The minimum absolute atomic E-state index is 0.174. The SMILES string of the molecule is O=C(NCCc1nc2ccccc2[nH]1)c1scnc1C(F)(F)F. The van der Waals surface area contributed by atoms with Crippen molar-refractivity contribution < 1.29 is 18.0 Å². The molecule has 1 amide bonds. The average Bonchev–Trinajstić information content (AvgIpc) is 3.13. The first-order chi connectivity index (χ1) is 10.9. The number of carbonyl (C=O) groups is 1.